The van der Waals surface area contributed by atoms with Gasteiger partial charge in [-0.2, -0.15) is 0 Å². The molecule has 1 saturated heterocycles. The lowest BCUT2D eigenvalue weighted by Gasteiger charge is -2.34. The van der Waals surface area contributed by atoms with Gasteiger partial charge in [-0.25, -0.2) is 0 Å². The Morgan fingerprint density at radius 2 is 1.89 bits per heavy atom. The van der Waals surface area contributed by atoms with Crippen molar-refractivity contribution in [1.29, 1.82) is 0 Å². The van der Waals surface area contributed by atoms with E-state index in [-0.39, 0.29) is 0 Å². The Hall–Kier alpha value is -0.120. The number of likely N-dealkylation sites (tertiary alicyclic amines) is 1. The van der Waals surface area contributed by atoms with E-state index in [2.05, 4.69) is 49.7 Å². The van der Waals surface area contributed by atoms with Crippen molar-refractivity contribution in [3.8, 4) is 0 Å². The summed E-state index contributed by atoms with van der Waals surface area (Å²) in [4.78, 5) is 5.30. The molecule has 0 saturated carbocycles. The van der Waals surface area contributed by atoms with Crippen LogP contribution in [0.2, 0.25) is 0 Å². The molecule has 1 aliphatic heterocycles. The molecule has 19 heavy (non-hydrogen) atoms. The minimum Gasteiger partial charge on any atom is -0.316 e. The molecule has 0 radical (unpaired) electrons. The lowest BCUT2D eigenvalue weighted by Crippen LogP contribution is -2.43. The molecule has 0 aromatic heterocycles. The van der Waals surface area contributed by atoms with Gasteiger partial charge in [0.2, 0.25) is 0 Å². The highest BCUT2D eigenvalue weighted by Gasteiger charge is 2.31. The molecule has 1 fully saturated rings. The Morgan fingerprint density at radius 3 is 2.42 bits per heavy atom. The molecule has 2 unspecified atom stereocenters. The Labute approximate surface area is 120 Å². The third kappa shape index (κ3) is 5.05. The first kappa shape index (κ1) is 16.9. The van der Waals surface area contributed by atoms with E-state index in [4.69, 9.17) is 0 Å². The van der Waals surface area contributed by atoms with Crippen molar-refractivity contribution in [3.05, 3.63) is 0 Å². The molecule has 2 atom stereocenters. The van der Waals surface area contributed by atoms with Crippen LogP contribution in [0.1, 0.15) is 47.5 Å². The van der Waals surface area contributed by atoms with E-state index in [0.29, 0.717) is 5.41 Å². The Morgan fingerprint density at radius 1 is 1.21 bits per heavy atom. The highest BCUT2D eigenvalue weighted by Crippen LogP contribution is 2.25. The lowest BCUT2D eigenvalue weighted by atomic mass is 9.87. The van der Waals surface area contributed by atoms with E-state index in [1.54, 1.807) is 0 Å². The van der Waals surface area contributed by atoms with Crippen LogP contribution in [0.3, 0.4) is 0 Å². The summed E-state index contributed by atoms with van der Waals surface area (Å²) in [6.07, 6.45) is 2.61. The van der Waals surface area contributed by atoms with Gasteiger partial charge in [-0.05, 0) is 44.4 Å². The van der Waals surface area contributed by atoms with E-state index < -0.39 is 0 Å². The number of nitrogens with zero attached hydrogens (tertiary/aromatic N) is 2. The van der Waals surface area contributed by atoms with E-state index in [0.717, 1.165) is 19.1 Å². The molecule has 114 valence electrons. The van der Waals surface area contributed by atoms with Crippen molar-refractivity contribution in [2.75, 3.05) is 45.8 Å². The molecular weight excluding hydrogens is 234 g/mol. The summed E-state index contributed by atoms with van der Waals surface area (Å²) in [6.45, 7) is 19.9. The standard InChI is InChI=1S/C16H35N3/c1-6-16(5,13-17-7-2)14-18-11-10-15(12-18)19(8-3)9-4/h15,17H,6-14H2,1-5H3. The predicted octanol–water partition coefficient (Wildman–Crippen LogP) is 2.43. The SMILES string of the molecule is CCNCC(C)(CC)CN1CCC(N(CC)CC)C1. The van der Waals surface area contributed by atoms with Crippen LogP contribution in [0, 0.1) is 5.41 Å². The zero-order valence-corrected chi connectivity index (χ0v) is 13.8. The average molecular weight is 269 g/mol. The first-order valence-electron chi connectivity index (χ1n) is 8.25. The molecule has 1 heterocycles. The molecule has 1 N–H and O–H groups in total. The second-order valence-corrected chi connectivity index (χ2v) is 6.34. The molecular formula is C16H35N3. The average Bonchev–Trinajstić information content (AvgIpc) is 2.86. The number of rotatable bonds is 9. The fourth-order valence-corrected chi connectivity index (χ4v) is 3.25. The van der Waals surface area contributed by atoms with Crippen molar-refractivity contribution in [3.63, 3.8) is 0 Å². The molecule has 0 aromatic carbocycles. The first-order valence-corrected chi connectivity index (χ1v) is 8.25. The van der Waals surface area contributed by atoms with Crippen molar-refractivity contribution < 1.29 is 0 Å². The van der Waals surface area contributed by atoms with Crippen LogP contribution >= 0.6 is 0 Å². The maximum Gasteiger partial charge on any atom is 0.0235 e. The number of likely N-dealkylation sites (N-methyl/N-ethyl adjacent to an activating group) is 1. The molecule has 0 amide bonds. The molecule has 3 heteroatoms. The van der Waals surface area contributed by atoms with E-state index in [9.17, 15) is 0 Å². The third-order valence-electron chi connectivity index (χ3n) is 4.84. The molecule has 0 spiro atoms. The molecule has 3 nitrogen and oxygen atoms in total. The largest absolute Gasteiger partial charge is 0.316 e. The maximum absolute atomic E-state index is 3.53. The van der Waals surface area contributed by atoms with Crippen molar-refractivity contribution in [2.45, 2.75) is 53.5 Å². The van der Waals surface area contributed by atoms with Crippen LogP contribution in [0.5, 0.6) is 0 Å². The van der Waals surface area contributed by atoms with Crippen molar-refractivity contribution in [1.82, 2.24) is 15.1 Å². The van der Waals surface area contributed by atoms with Gasteiger partial charge in [0.15, 0.2) is 0 Å². The third-order valence-corrected chi connectivity index (χ3v) is 4.84. The van der Waals surface area contributed by atoms with Gasteiger partial charge in [0.1, 0.15) is 0 Å². The van der Waals surface area contributed by atoms with Crippen LogP contribution in [-0.2, 0) is 0 Å². The monoisotopic (exact) mass is 269 g/mol. The first-order chi connectivity index (χ1) is 9.08. The highest BCUT2D eigenvalue weighted by atomic mass is 15.3. The molecule has 1 aliphatic rings. The fraction of sp³-hybridized carbons (Fsp3) is 1.00. The molecule has 0 aliphatic carbocycles. The summed E-state index contributed by atoms with van der Waals surface area (Å²) in [5.41, 5.74) is 0.425. The Balaban J connectivity index is 2.45. The number of hydrogen-bond donors (Lipinski definition) is 1. The Kier molecular flexibility index (Phi) is 7.33. The summed E-state index contributed by atoms with van der Waals surface area (Å²) in [7, 11) is 0. The van der Waals surface area contributed by atoms with Crippen molar-refractivity contribution in [2.24, 2.45) is 5.41 Å². The quantitative estimate of drug-likeness (QED) is 0.693. The summed E-state index contributed by atoms with van der Waals surface area (Å²) in [6, 6.07) is 0.787. The minimum absolute atomic E-state index is 0.425. The highest BCUT2D eigenvalue weighted by molar-refractivity contribution is 4.87. The van der Waals surface area contributed by atoms with E-state index in [1.807, 2.05) is 0 Å². The zero-order chi connectivity index (χ0) is 14.3. The summed E-state index contributed by atoms with van der Waals surface area (Å²) in [5, 5.41) is 3.53. The second kappa shape index (κ2) is 8.23. The molecule has 0 bridgehead atoms. The lowest BCUT2D eigenvalue weighted by molar-refractivity contribution is 0.160. The van der Waals surface area contributed by atoms with Gasteiger partial charge >= 0.3 is 0 Å². The topological polar surface area (TPSA) is 18.5 Å². The normalized spacial score (nSPS) is 24.0. The van der Waals surface area contributed by atoms with Gasteiger partial charge in [-0.15, -0.1) is 0 Å². The van der Waals surface area contributed by atoms with Crippen LogP contribution in [0.25, 0.3) is 0 Å². The summed E-state index contributed by atoms with van der Waals surface area (Å²) in [5.74, 6) is 0. The maximum atomic E-state index is 3.53. The predicted molar refractivity (Wildman–Crippen MR) is 84.7 cm³/mol. The minimum atomic E-state index is 0.425. The molecule has 1 rings (SSSR count). The van der Waals surface area contributed by atoms with E-state index >= 15 is 0 Å². The smallest absolute Gasteiger partial charge is 0.0235 e. The van der Waals surface area contributed by atoms with Gasteiger partial charge in [-0.1, -0.05) is 34.6 Å². The van der Waals surface area contributed by atoms with Crippen LogP contribution in [0.4, 0.5) is 0 Å². The van der Waals surface area contributed by atoms with Crippen LogP contribution in [-0.4, -0.2) is 61.7 Å². The van der Waals surface area contributed by atoms with Crippen LogP contribution < -0.4 is 5.32 Å². The van der Waals surface area contributed by atoms with Gasteiger partial charge in [-0.3, -0.25) is 4.90 Å². The molecule has 0 aromatic rings. The van der Waals surface area contributed by atoms with Gasteiger partial charge < -0.3 is 10.2 Å². The summed E-state index contributed by atoms with van der Waals surface area (Å²) >= 11 is 0. The zero-order valence-electron chi connectivity index (χ0n) is 13.8. The van der Waals surface area contributed by atoms with Crippen LogP contribution in [0.15, 0.2) is 0 Å². The fourth-order valence-electron chi connectivity index (χ4n) is 3.25. The van der Waals surface area contributed by atoms with Gasteiger partial charge in [0, 0.05) is 25.7 Å². The second-order valence-electron chi connectivity index (χ2n) is 6.34. The number of nitrogens with one attached hydrogen (secondary N) is 1. The Bertz CT molecular complexity index is 240. The van der Waals surface area contributed by atoms with Gasteiger partial charge in [0.25, 0.3) is 0 Å². The number of hydrogen-bond acceptors (Lipinski definition) is 3. The van der Waals surface area contributed by atoms with Crippen molar-refractivity contribution >= 4 is 0 Å². The summed E-state index contributed by atoms with van der Waals surface area (Å²) < 4.78 is 0. The van der Waals surface area contributed by atoms with Gasteiger partial charge in [0.05, 0.1) is 0 Å². The van der Waals surface area contributed by atoms with E-state index in [1.165, 1.54) is 45.6 Å².